The maximum absolute atomic E-state index is 13.5. The number of aromatic nitrogens is 2. The first-order chi connectivity index (χ1) is 13.6. The van der Waals surface area contributed by atoms with E-state index in [2.05, 4.69) is 15.3 Å². The van der Waals surface area contributed by atoms with E-state index in [9.17, 15) is 9.18 Å². The minimum atomic E-state index is -0.488. The van der Waals surface area contributed by atoms with Crippen molar-refractivity contribution in [2.75, 3.05) is 26.2 Å². The van der Waals surface area contributed by atoms with E-state index in [-0.39, 0.29) is 11.5 Å². The van der Waals surface area contributed by atoms with Crippen LogP contribution in [0.1, 0.15) is 52.6 Å². The highest BCUT2D eigenvalue weighted by molar-refractivity contribution is 5.92. The molecule has 2 aliphatic rings. The first kappa shape index (κ1) is 18.6. The minimum absolute atomic E-state index is 0.00740. The number of nitrogens with zero attached hydrogens (tertiary/aromatic N) is 3. The molecule has 2 fully saturated rings. The van der Waals surface area contributed by atoms with Crippen LogP contribution in [0.15, 0.2) is 24.4 Å². The van der Waals surface area contributed by atoms with Gasteiger partial charge in [0.25, 0.3) is 5.91 Å². The van der Waals surface area contributed by atoms with Crippen molar-refractivity contribution in [1.29, 1.82) is 5.26 Å². The minimum Gasteiger partial charge on any atom is -0.338 e. The van der Waals surface area contributed by atoms with Crippen molar-refractivity contribution in [2.45, 2.75) is 31.6 Å². The number of aromatic amines is 1. The van der Waals surface area contributed by atoms with E-state index in [4.69, 9.17) is 5.26 Å². The molecule has 2 aromatic rings. The molecule has 1 atom stereocenters. The number of hydrogen-bond acceptors (Lipinski definition) is 4. The summed E-state index contributed by atoms with van der Waals surface area (Å²) in [5.74, 6) is 1.12. The highest BCUT2D eigenvalue weighted by Gasteiger charge is 2.29. The van der Waals surface area contributed by atoms with E-state index in [1.54, 1.807) is 18.3 Å². The summed E-state index contributed by atoms with van der Waals surface area (Å²) in [5, 5.41) is 12.3. The van der Waals surface area contributed by atoms with Gasteiger partial charge in [0.15, 0.2) is 0 Å². The van der Waals surface area contributed by atoms with Gasteiger partial charge in [-0.1, -0.05) is 6.07 Å². The summed E-state index contributed by atoms with van der Waals surface area (Å²) >= 11 is 0. The van der Waals surface area contributed by atoms with Crippen molar-refractivity contribution in [3.05, 3.63) is 52.9 Å². The molecule has 28 heavy (non-hydrogen) atoms. The quantitative estimate of drug-likeness (QED) is 0.853. The molecule has 1 aromatic carbocycles. The Labute approximate surface area is 163 Å². The lowest BCUT2D eigenvalue weighted by Crippen LogP contribution is -2.29. The zero-order chi connectivity index (χ0) is 19.5. The maximum atomic E-state index is 13.5. The molecule has 146 valence electrons. The highest BCUT2D eigenvalue weighted by Crippen LogP contribution is 2.25. The van der Waals surface area contributed by atoms with Gasteiger partial charge in [0.05, 0.1) is 11.8 Å². The molecule has 0 aliphatic carbocycles. The smallest absolute Gasteiger partial charge is 0.271 e. The molecule has 1 aromatic heterocycles. The number of amides is 1. The number of nitrogens with one attached hydrogen (secondary N) is 2. The molecule has 0 saturated carbocycles. The number of carbonyl (C=O) groups excluding carboxylic acids is 1. The Morgan fingerprint density at radius 1 is 1.32 bits per heavy atom. The second kappa shape index (κ2) is 8.11. The summed E-state index contributed by atoms with van der Waals surface area (Å²) < 4.78 is 13.5. The lowest BCUT2D eigenvalue weighted by Gasteiger charge is -2.20. The van der Waals surface area contributed by atoms with E-state index >= 15 is 0 Å². The fourth-order valence-electron chi connectivity index (χ4n) is 4.22. The SMILES string of the molecule is N#Cc1cc(CC2CCN(C(=O)c3cnc(C4CCNCC4)[nH]3)C2)ccc1F. The number of H-pyrrole nitrogens is 1. The zero-order valence-electron chi connectivity index (χ0n) is 15.7. The van der Waals surface area contributed by atoms with Crippen molar-refractivity contribution >= 4 is 5.91 Å². The van der Waals surface area contributed by atoms with Gasteiger partial charge in [-0.15, -0.1) is 0 Å². The number of rotatable bonds is 4. The second-order valence-electron chi connectivity index (χ2n) is 7.74. The van der Waals surface area contributed by atoms with Crippen LogP contribution in [0.2, 0.25) is 0 Å². The lowest BCUT2D eigenvalue weighted by atomic mass is 9.97. The Bertz CT molecular complexity index is 896. The third-order valence-electron chi connectivity index (χ3n) is 5.80. The third kappa shape index (κ3) is 3.92. The average Bonchev–Trinajstić information content (AvgIpc) is 3.39. The van der Waals surface area contributed by atoms with Crippen molar-refractivity contribution in [2.24, 2.45) is 5.92 Å². The summed E-state index contributed by atoms with van der Waals surface area (Å²) in [6, 6.07) is 6.56. The summed E-state index contributed by atoms with van der Waals surface area (Å²) in [7, 11) is 0. The van der Waals surface area contributed by atoms with E-state index in [0.29, 0.717) is 30.6 Å². The maximum Gasteiger partial charge on any atom is 0.271 e. The number of halogens is 1. The Hall–Kier alpha value is -2.72. The number of benzene rings is 1. The van der Waals surface area contributed by atoms with Gasteiger partial charge >= 0.3 is 0 Å². The van der Waals surface area contributed by atoms with Crippen LogP contribution in [-0.2, 0) is 6.42 Å². The molecule has 2 N–H and O–H groups in total. The van der Waals surface area contributed by atoms with Crippen molar-refractivity contribution in [3.8, 4) is 6.07 Å². The molecule has 4 rings (SSSR count). The summed E-state index contributed by atoms with van der Waals surface area (Å²) in [6.07, 6.45) is 5.37. The van der Waals surface area contributed by atoms with Gasteiger partial charge < -0.3 is 15.2 Å². The topological polar surface area (TPSA) is 84.8 Å². The zero-order valence-corrected chi connectivity index (χ0v) is 15.7. The van der Waals surface area contributed by atoms with Crippen LogP contribution in [0.5, 0.6) is 0 Å². The van der Waals surface area contributed by atoms with Gasteiger partial charge in [0, 0.05) is 19.0 Å². The Balaban J connectivity index is 1.37. The predicted octanol–water partition coefficient (Wildman–Crippen LogP) is 2.59. The molecule has 6 nitrogen and oxygen atoms in total. The fourth-order valence-corrected chi connectivity index (χ4v) is 4.22. The average molecular weight is 381 g/mol. The monoisotopic (exact) mass is 381 g/mol. The van der Waals surface area contributed by atoms with Gasteiger partial charge in [-0.05, 0) is 62.4 Å². The number of imidazole rings is 1. The molecule has 3 heterocycles. The Morgan fingerprint density at radius 3 is 2.93 bits per heavy atom. The highest BCUT2D eigenvalue weighted by atomic mass is 19.1. The van der Waals surface area contributed by atoms with Gasteiger partial charge in [-0.25, -0.2) is 9.37 Å². The molecule has 2 aliphatic heterocycles. The van der Waals surface area contributed by atoms with Crippen LogP contribution in [0, 0.1) is 23.1 Å². The number of nitriles is 1. The Morgan fingerprint density at radius 2 is 2.14 bits per heavy atom. The van der Waals surface area contributed by atoms with E-state index in [1.165, 1.54) is 6.07 Å². The van der Waals surface area contributed by atoms with Crippen LogP contribution in [0.3, 0.4) is 0 Å². The van der Waals surface area contributed by atoms with E-state index < -0.39 is 5.82 Å². The van der Waals surface area contributed by atoms with Crippen LogP contribution in [-0.4, -0.2) is 47.0 Å². The van der Waals surface area contributed by atoms with Gasteiger partial charge in [0.2, 0.25) is 0 Å². The van der Waals surface area contributed by atoms with Crippen LogP contribution >= 0.6 is 0 Å². The standard InChI is InChI=1S/C21H24FN5O/c22-18-2-1-14(10-17(18)11-23)9-15-5-8-27(13-15)21(28)19-12-25-20(26-19)16-3-6-24-7-4-16/h1-2,10,12,15-16,24H,3-9,13H2,(H,25,26). The molecular formula is C21H24FN5O. The fraction of sp³-hybridized carbons (Fsp3) is 0.476. The third-order valence-corrected chi connectivity index (χ3v) is 5.80. The predicted molar refractivity (Wildman–Crippen MR) is 102 cm³/mol. The van der Waals surface area contributed by atoms with Crippen LogP contribution in [0.4, 0.5) is 4.39 Å². The van der Waals surface area contributed by atoms with Gasteiger partial charge in [-0.3, -0.25) is 4.79 Å². The first-order valence-corrected chi connectivity index (χ1v) is 9.87. The number of carbonyl (C=O) groups is 1. The number of piperidine rings is 1. The lowest BCUT2D eigenvalue weighted by molar-refractivity contribution is 0.0781. The molecule has 1 unspecified atom stereocenters. The van der Waals surface area contributed by atoms with Crippen LogP contribution < -0.4 is 5.32 Å². The van der Waals surface area contributed by atoms with E-state index in [1.807, 2.05) is 11.0 Å². The van der Waals surface area contributed by atoms with E-state index in [0.717, 1.165) is 50.2 Å². The molecule has 0 spiro atoms. The molecular weight excluding hydrogens is 357 g/mol. The normalized spacial score (nSPS) is 20.3. The first-order valence-electron chi connectivity index (χ1n) is 9.87. The van der Waals surface area contributed by atoms with Crippen molar-refractivity contribution in [3.63, 3.8) is 0 Å². The van der Waals surface area contributed by atoms with Crippen molar-refractivity contribution < 1.29 is 9.18 Å². The van der Waals surface area contributed by atoms with Crippen molar-refractivity contribution in [1.82, 2.24) is 20.2 Å². The second-order valence-corrected chi connectivity index (χ2v) is 7.74. The number of likely N-dealkylation sites (tertiary alicyclic amines) is 1. The molecule has 7 heteroatoms. The Kier molecular flexibility index (Phi) is 5.40. The van der Waals surface area contributed by atoms with Crippen LogP contribution in [0.25, 0.3) is 0 Å². The summed E-state index contributed by atoms with van der Waals surface area (Å²) in [5.41, 5.74) is 1.57. The number of hydrogen-bond donors (Lipinski definition) is 2. The molecule has 1 amide bonds. The summed E-state index contributed by atoms with van der Waals surface area (Å²) in [4.78, 5) is 22.4. The largest absolute Gasteiger partial charge is 0.338 e. The van der Waals surface area contributed by atoms with Gasteiger partial charge in [0.1, 0.15) is 23.4 Å². The summed E-state index contributed by atoms with van der Waals surface area (Å²) in [6.45, 7) is 3.34. The molecule has 0 bridgehead atoms. The molecule has 0 radical (unpaired) electrons. The van der Waals surface area contributed by atoms with Gasteiger partial charge in [-0.2, -0.15) is 5.26 Å². The molecule has 2 saturated heterocycles.